The maximum atomic E-state index is 11.7. The fourth-order valence-electron chi connectivity index (χ4n) is 2.30. The number of ether oxygens (including phenoxy) is 3. The second kappa shape index (κ2) is 11.7. The van der Waals surface area contributed by atoms with E-state index in [1.165, 1.54) is 0 Å². The number of hydrogen-bond acceptors (Lipinski definition) is 7. The van der Waals surface area contributed by atoms with Gasteiger partial charge in [0.15, 0.2) is 0 Å². The SMILES string of the molecule is O=C(Cc1cccc(S)c1)OCCOCCOC(=O)Cc1cccc(S)c1. The molecule has 27 heavy (non-hydrogen) atoms. The zero-order valence-electron chi connectivity index (χ0n) is 14.8. The summed E-state index contributed by atoms with van der Waals surface area (Å²) in [6.07, 6.45) is 0.388. The van der Waals surface area contributed by atoms with E-state index in [1.54, 1.807) is 0 Å². The summed E-state index contributed by atoms with van der Waals surface area (Å²) in [7, 11) is 0. The maximum absolute atomic E-state index is 11.7. The molecule has 0 aliphatic rings. The monoisotopic (exact) mass is 406 g/mol. The minimum Gasteiger partial charge on any atom is -0.463 e. The van der Waals surface area contributed by atoms with Crippen molar-refractivity contribution in [2.45, 2.75) is 22.6 Å². The highest BCUT2D eigenvalue weighted by atomic mass is 32.1. The first-order chi connectivity index (χ1) is 13.0. The molecule has 0 atom stereocenters. The molecule has 0 saturated heterocycles. The van der Waals surface area contributed by atoms with E-state index >= 15 is 0 Å². The summed E-state index contributed by atoms with van der Waals surface area (Å²) >= 11 is 8.46. The van der Waals surface area contributed by atoms with Crippen molar-refractivity contribution < 1.29 is 23.8 Å². The van der Waals surface area contributed by atoms with Gasteiger partial charge in [-0.2, -0.15) is 0 Å². The van der Waals surface area contributed by atoms with E-state index in [0.717, 1.165) is 20.9 Å². The molecule has 5 nitrogen and oxygen atoms in total. The van der Waals surface area contributed by atoms with E-state index in [4.69, 9.17) is 14.2 Å². The van der Waals surface area contributed by atoms with Gasteiger partial charge in [0.25, 0.3) is 0 Å². The topological polar surface area (TPSA) is 61.8 Å². The molecule has 2 aromatic carbocycles. The lowest BCUT2D eigenvalue weighted by atomic mass is 10.1. The van der Waals surface area contributed by atoms with Gasteiger partial charge in [0.05, 0.1) is 26.1 Å². The molecular formula is C20H22O5S2. The minimum absolute atomic E-state index is 0.155. The van der Waals surface area contributed by atoms with E-state index in [9.17, 15) is 9.59 Å². The maximum Gasteiger partial charge on any atom is 0.310 e. The Morgan fingerprint density at radius 1 is 0.704 bits per heavy atom. The fraction of sp³-hybridized carbons (Fsp3) is 0.300. The van der Waals surface area contributed by atoms with Crippen LogP contribution in [0, 0.1) is 0 Å². The lowest BCUT2D eigenvalue weighted by molar-refractivity contribution is -0.145. The molecule has 0 spiro atoms. The number of benzene rings is 2. The fourth-order valence-corrected chi connectivity index (χ4v) is 2.80. The van der Waals surface area contributed by atoms with Gasteiger partial charge in [0.1, 0.15) is 13.2 Å². The summed E-state index contributed by atoms with van der Waals surface area (Å²) in [6.45, 7) is 0.805. The van der Waals surface area contributed by atoms with Crippen LogP contribution in [0.2, 0.25) is 0 Å². The van der Waals surface area contributed by atoms with Crippen LogP contribution in [0.15, 0.2) is 58.3 Å². The second-order valence-electron chi connectivity index (χ2n) is 5.75. The predicted octanol–water partition coefficient (Wildman–Crippen LogP) is 3.15. The third-order valence-corrected chi connectivity index (χ3v) is 4.06. The smallest absolute Gasteiger partial charge is 0.310 e. The average molecular weight is 407 g/mol. The van der Waals surface area contributed by atoms with E-state index in [0.29, 0.717) is 0 Å². The van der Waals surface area contributed by atoms with Crippen LogP contribution in [-0.4, -0.2) is 38.4 Å². The lowest BCUT2D eigenvalue weighted by Crippen LogP contribution is -2.16. The molecule has 0 radical (unpaired) electrons. The van der Waals surface area contributed by atoms with E-state index < -0.39 is 0 Å². The Morgan fingerprint density at radius 2 is 1.15 bits per heavy atom. The first-order valence-electron chi connectivity index (χ1n) is 8.48. The predicted molar refractivity (Wildman–Crippen MR) is 108 cm³/mol. The van der Waals surface area contributed by atoms with Crippen molar-refractivity contribution in [1.29, 1.82) is 0 Å². The quantitative estimate of drug-likeness (QED) is 0.361. The Kier molecular flexibility index (Phi) is 9.24. The molecule has 0 aromatic heterocycles. The van der Waals surface area contributed by atoms with Gasteiger partial charge in [-0.3, -0.25) is 9.59 Å². The van der Waals surface area contributed by atoms with Gasteiger partial charge in [-0.05, 0) is 35.4 Å². The van der Waals surface area contributed by atoms with Crippen LogP contribution in [0.4, 0.5) is 0 Å². The number of thiol groups is 2. The highest BCUT2D eigenvalue weighted by Crippen LogP contribution is 2.10. The van der Waals surface area contributed by atoms with Crippen molar-refractivity contribution >= 4 is 37.2 Å². The van der Waals surface area contributed by atoms with Crippen LogP contribution < -0.4 is 0 Å². The molecule has 0 heterocycles. The van der Waals surface area contributed by atoms with Crippen molar-refractivity contribution in [3.8, 4) is 0 Å². The number of esters is 2. The Labute approximate surface area is 169 Å². The first-order valence-corrected chi connectivity index (χ1v) is 9.37. The molecule has 0 aliphatic carbocycles. The molecule has 0 bridgehead atoms. The third kappa shape index (κ3) is 8.99. The van der Waals surface area contributed by atoms with Crippen molar-refractivity contribution in [2.24, 2.45) is 0 Å². The van der Waals surface area contributed by atoms with Gasteiger partial charge in [0, 0.05) is 9.79 Å². The van der Waals surface area contributed by atoms with Gasteiger partial charge in [0.2, 0.25) is 0 Å². The molecule has 0 fully saturated rings. The summed E-state index contributed by atoms with van der Waals surface area (Å²) in [5.41, 5.74) is 1.70. The molecule has 0 unspecified atom stereocenters. The standard InChI is InChI=1S/C20H22O5S2/c21-19(13-15-3-1-5-17(26)11-15)24-9-7-23-8-10-25-20(22)14-16-4-2-6-18(27)12-16/h1-6,11-12,26-27H,7-10,13-14H2. The molecule has 2 rings (SSSR count). The van der Waals surface area contributed by atoms with Gasteiger partial charge in [-0.25, -0.2) is 0 Å². The normalized spacial score (nSPS) is 10.4. The first kappa shape index (κ1) is 21.3. The van der Waals surface area contributed by atoms with Crippen LogP contribution >= 0.6 is 25.3 Å². The largest absolute Gasteiger partial charge is 0.463 e. The van der Waals surface area contributed by atoms with Gasteiger partial charge in [-0.1, -0.05) is 24.3 Å². The zero-order valence-corrected chi connectivity index (χ0v) is 16.6. The zero-order chi connectivity index (χ0) is 19.5. The molecule has 144 valence electrons. The van der Waals surface area contributed by atoms with Crippen molar-refractivity contribution in [1.82, 2.24) is 0 Å². The van der Waals surface area contributed by atoms with Gasteiger partial charge < -0.3 is 14.2 Å². The van der Waals surface area contributed by atoms with E-state index in [-0.39, 0.29) is 51.2 Å². The molecule has 0 saturated carbocycles. The molecule has 0 N–H and O–H groups in total. The molecule has 7 heteroatoms. The minimum atomic E-state index is -0.324. The number of rotatable bonds is 10. The van der Waals surface area contributed by atoms with Crippen LogP contribution in [0.25, 0.3) is 0 Å². The molecular weight excluding hydrogens is 384 g/mol. The third-order valence-electron chi connectivity index (χ3n) is 3.50. The molecule has 0 amide bonds. The van der Waals surface area contributed by atoms with Crippen molar-refractivity contribution in [3.05, 3.63) is 59.7 Å². The van der Waals surface area contributed by atoms with Gasteiger partial charge >= 0.3 is 11.9 Å². The molecule has 0 aliphatic heterocycles. The van der Waals surface area contributed by atoms with Gasteiger partial charge in [-0.15, -0.1) is 25.3 Å². The van der Waals surface area contributed by atoms with Crippen LogP contribution in [-0.2, 0) is 36.6 Å². The average Bonchev–Trinajstić information content (AvgIpc) is 2.61. The van der Waals surface area contributed by atoms with Crippen LogP contribution in [0.3, 0.4) is 0 Å². The summed E-state index contributed by atoms with van der Waals surface area (Å²) in [5.74, 6) is -0.647. The Balaban J connectivity index is 1.50. The number of carbonyl (C=O) groups excluding carboxylic acids is 2. The van der Waals surface area contributed by atoms with E-state index in [1.807, 2.05) is 48.5 Å². The number of carbonyl (C=O) groups is 2. The Morgan fingerprint density at radius 3 is 1.56 bits per heavy atom. The van der Waals surface area contributed by atoms with E-state index in [2.05, 4.69) is 25.3 Å². The summed E-state index contributed by atoms with van der Waals surface area (Å²) in [4.78, 5) is 25.0. The summed E-state index contributed by atoms with van der Waals surface area (Å²) in [6, 6.07) is 14.7. The van der Waals surface area contributed by atoms with Crippen LogP contribution in [0.5, 0.6) is 0 Å². The Bertz CT molecular complexity index is 700. The molecule has 2 aromatic rings. The Hall–Kier alpha value is -1.96. The summed E-state index contributed by atoms with van der Waals surface area (Å²) < 4.78 is 15.5. The van der Waals surface area contributed by atoms with Crippen molar-refractivity contribution in [3.63, 3.8) is 0 Å². The summed E-state index contributed by atoms with van der Waals surface area (Å²) in [5, 5.41) is 0. The number of hydrogen-bond donors (Lipinski definition) is 2. The highest BCUT2D eigenvalue weighted by Gasteiger charge is 2.06. The highest BCUT2D eigenvalue weighted by molar-refractivity contribution is 7.80. The lowest BCUT2D eigenvalue weighted by Gasteiger charge is -2.08. The van der Waals surface area contributed by atoms with Crippen LogP contribution in [0.1, 0.15) is 11.1 Å². The van der Waals surface area contributed by atoms with Crippen molar-refractivity contribution in [2.75, 3.05) is 26.4 Å². The second-order valence-corrected chi connectivity index (χ2v) is 6.78.